The highest BCUT2D eigenvalue weighted by atomic mass is 16.5. The molecule has 0 bridgehead atoms. The van der Waals surface area contributed by atoms with E-state index >= 15 is 0 Å². The highest BCUT2D eigenvalue weighted by Crippen LogP contribution is 2.18. The minimum Gasteiger partial charge on any atom is -0.400 e. The van der Waals surface area contributed by atoms with Crippen LogP contribution in [0.3, 0.4) is 0 Å². The quantitative estimate of drug-likeness (QED) is 0.657. The van der Waals surface area contributed by atoms with Gasteiger partial charge in [0.15, 0.2) is 0 Å². The Kier molecular flexibility index (Phi) is 26.0. The molecule has 1 N–H and O–H groups in total. The fraction of sp³-hybridized carbons (Fsp3) is 1.00. The van der Waals surface area contributed by atoms with E-state index in [1.807, 2.05) is 27.7 Å². The number of aliphatic hydroxyl groups is 1. The Labute approximate surface area is 90.7 Å². The first-order chi connectivity index (χ1) is 6.79. The molecule has 0 aromatic heterocycles. The molecule has 1 unspecified atom stereocenters. The maximum absolute atomic E-state index is 7.00. The Morgan fingerprint density at radius 1 is 1.00 bits per heavy atom. The zero-order valence-corrected chi connectivity index (χ0v) is 11.1. The minimum absolute atomic E-state index is 0.513. The Hall–Kier alpha value is -0.0800. The maximum Gasteiger partial charge on any atom is 0.0549 e. The summed E-state index contributed by atoms with van der Waals surface area (Å²) in [6.45, 7) is 13.4. The van der Waals surface area contributed by atoms with E-state index in [2.05, 4.69) is 13.8 Å². The van der Waals surface area contributed by atoms with Gasteiger partial charge in [0.25, 0.3) is 0 Å². The van der Waals surface area contributed by atoms with E-state index in [1.165, 1.54) is 12.8 Å². The summed E-state index contributed by atoms with van der Waals surface area (Å²) in [6.07, 6.45) is 3.02. The third-order valence-corrected chi connectivity index (χ3v) is 1.75. The van der Waals surface area contributed by atoms with Crippen LogP contribution in [-0.2, 0) is 4.74 Å². The van der Waals surface area contributed by atoms with E-state index in [9.17, 15) is 0 Å². The van der Waals surface area contributed by atoms with Gasteiger partial charge in [0, 0.05) is 13.7 Å². The normalized spacial score (nSPS) is 24.0. The summed E-state index contributed by atoms with van der Waals surface area (Å²) < 4.78 is 5.35. The van der Waals surface area contributed by atoms with Crippen molar-refractivity contribution >= 4 is 0 Å². The van der Waals surface area contributed by atoms with Crippen LogP contribution in [-0.4, -0.2) is 24.9 Å². The Morgan fingerprint density at radius 2 is 1.43 bits per heavy atom. The average Bonchev–Trinajstić information content (AvgIpc) is 2.26. The predicted molar refractivity (Wildman–Crippen MR) is 64.7 cm³/mol. The predicted octanol–water partition coefficient (Wildman–Crippen LogP) is 3.48. The number of hydrogen-bond donors (Lipinski definition) is 1. The second kappa shape index (κ2) is 18.7. The fourth-order valence-electron chi connectivity index (χ4n) is 1.22. The number of hydrogen-bond acceptors (Lipinski definition) is 2. The Bertz CT molecular complexity index is 66.7. The summed E-state index contributed by atoms with van der Waals surface area (Å²) in [5.74, 6) is 0.888. The van der Waals surface area contributed by atoms with Crippen molar-refractivity contribution in [2.45, 2.75) is 60.5 Å². The molecule has 0 radical (unpaired) electrons. The lowest BCUT2D eigenvalue weighted by Gasteiger charge is -2.23. The third kappa shape index (κ3) is 14.4. The second-order valence-electron chi connectivity index (χ2n) is 2.81. The largest absolute Gasteiger partial charge is 0.400 e. The van der Waals surface area contributed by atoms with Crippen molar-refractivity contribution < 1.29 is 9.84 Å². The van der Waals surface area contributed by atoms with E-state index in [4.69, 9.17) is 9.84 Å². The molecule has 0 saturated carbocycles. The molecule has 1 saturated heterocycles. The van der Waals surface area contributed by atoms with Gasteiger partial charge >= 0.3 is 0 Å². The van der Waals surface area contributed by atoms with Crippen molar-refractivity contribution in [1.29, 1.82) is 0 Å². The van der Waals surface area contributed by atoms with Crippen LogP contribution in [0.15, 0.2) is 0 Å². The zero-order valence-electron chi connectivity index (χ0n) is 11.1. The average molecular weight is 206 g/mol. The summed E-state index contributed by atoms with van der Waals surface area (Å²) in [5.41, 5.74) is 0. The molecular weight excluding hydrogens is 176 g/mol. The molecule has 1 rings (SSSR count). The molecular formula is C12H30O2. The maximum atomic E-state index is 7.00. The molecule has 1 aliphatic rings. The molecule has 0 amide bonds. The molecule has 90 valence electrons. The van der Waals surface area contributed by atoms with Crippen LogP contribution in [0.2, 0.25) is 0 Å². The summed E-state index contributed by atoms with van der Waals surface area (Å²) in [4.78, 5) is 0. The summed E-state index contributed by atoms with van der Waals surface area (Å²) >= 11 is 0. The molecule has 2 atom stereocenters. The van der Waals surface area contributed by atoms with Crippen LogP contribution in [0.25, 0.3) is 0 Å². The van der Waals surface area contributed by atoms with E-state index in [1.54, 1.807) is 0 Å². The van der Waals surface area contributed by atoms with Gasteiger partial charge in [-0.15, -0.1) is 0 Å². The molecule has 0 spiro atoms. The minimum atomic E-state index is 0.513. The van der Waals surface area contributed by atoms with E-state index < -0.39 is 0 Å². The molecule has 1 heterocycles. The van der Waals surface area contributed by atoms with Crippen molar-refractivity contribution in [3.8, 4) is 0 Å². The SMILES string of the molecule is CC.CC.CC1CCO[C@@H](C)C1.CO. The van der Waals surface area contributed by atoms with Gasteiger partial charge in [0.2, 0.25) is 0 Å². The van der Waals surface area contributed by atoms with Crippen LogP contribution in [0.4, 0.5) is 0 Å². The van der Waals surface area contributed by atoms with Gasteiger partial charge in [-0.3, -0.25) is 0 Å². The van der Waals surface area contributed by atoms with Gasteiger partial charge in [-0.1, -0.05) is 34.6 Å². The zero-order chi connectivity index (χ0) is 12.0. The number of aliphatic hydroxyl groups excluding tert-OH is 1. The third-order valence-electron chi connectivity index (χ3n) is 1.75. The highest BCUT2D eigenvalue weighted by Gasteiger charge is 2.13. The molecule has 1 fully saturated rings. The molecule has 2 heteroatoms. The van der Waals surface area contributed by atoms with Gasteiger partial charge in [0.1, 0.15) is 0 Å². The Balaban J connectivity index is -0.000000174. The van der Waals surface area contributed by atoms with Gasteiger partial charge in [-0.2, -0.15) is 0 Å². The lowest BCUT2D eigenvalue weighted by molar-refractivity contribution is 0.00682. The molecule has 0 aromatic carbocycles. The molecule has 1 aliphatic heterocycles. The van der Waals surface area contributed by atoms with Gasteiger partial charge in [-0.05, 0) is 25.7 Å². The van der Waals surface area contributed by atoms with Crippen molar-refractivity contribution in [2.75, 3.05) is 13.7 Å². The van der Waals surface area contributed by atoms with Crippen molar-refractivity contribution in [2.24, 2.45) is 5.92 Å². The summed E-state index contributed by atoms with van der Waals surface area (Å²) in [6, 6.07) is 0. The van der Waals surface area contributed by atoms with Crippen LogP contribution < -0.4 is 0 Å². The van der Waals surface area contributed by atoms with Crippen molar-refractivity contribution in [1.82, 2.24) is 0 Å². The smallest absolute Gasteiger partial charge is 0.0549 e. The van der Waals surface area contributed by atoms with Crippen molar-refractivity contribution in [3.05, 3.63) is 0 Å². The first-order valence-corrected chi connectivity index (χ1v) is 5.85. The molecule has 0 aromatic rings. The monoisotopic (exact) mass is 206 g/mol. The summed E-state index contributed by atoms with van der Waals surface area (Å²) in [5, 5.41) is 7.00. The number of rotatable bonds is 0. The summed E-state index contributed by atoms with van der Waals surface area (Å²) in [7, 11) is 1.00. The lowest BCUT2D eigenvalue weighted by atomic mass is 9.99. The Morgan fingerprint density at radius 3 is 1.64 bits per heavy atom. The number of ether oxygens (including phenoxy) is 1. The van der Waals surface area contributed by atoms with E-state index in [-0.39, 0.29) is 0 Å². The van der Waals surface area contributed by atoms with Crippen LogP contribution in [0.5, 0.6) is 0 Å². The van der Waals surface area contributed by atoms with Crippen molar-refractivity contribution in [3.63, 3.8) is 0 Å². The van der Waals surface area contributed by atoms with E-state index in [0.717, 1.165) is 19.6 Å². The molecule has 2 nitrogen and oxygen atoms in total. The molecule has 0 aliphatic carbocycles. The highest BCUT2D eigenvalue weighted by molar-refractivity contribution is 4.63. The molecule has 14 heavy (non-hydrogen) atoms. The van der Waals surface area contributed by atoms with Gasteiger partial charge in [-0.25, -0.2) is 0 Å². The topological polar surface area (TPSA) is 29.5 Å². The lowest BCUT2D eigenvalue weighted by Crippen LogP contribution is -2.20. The first-order valence-electron chi connectivity index (χ1n) is 5.85. The standard InChI is InChI=1S/C7H14O.2C2H6.CH4O/c1-6-3-4-8-7(2)5-6;3*1-2/h6-7H,3-5H2,1-2H3;2*1-2H3;2H,1H3/t6?,7-;;;/m0.../s1. The van der Waals surface area contributed by atoms with E-state index in [0.29, 0.717) is 6.10 Å². The fourth-order valence-corrected chi connectivity index (χ4v) is 1.22. The van der Waals surface area contributed by atoms with Crippen LogP contribution in [0, 0.1) is 5.92 Å². The van der Waals surface area contributed by atoms with Crippen LogP contribution in [0.1, 0.15) is 54.4 Å². The first kappa shape index (κ1) is 19.5. The van der Waals surface area contributed by atoms with Gasteiger partial charge < -0.3 is 9.84 Å². The second-order valence-corrected chi connectivity index (χ2v) is 2.81. The van der Waals surface area contributed by atoms with Crippen LogP contribution >= 0.6 is 0 Å². The van der Waals surface area contributed by atoms with Gasteiger partial charge in [0.05, 0.1) is 6.10 Å².